The molecule has 0 radical (unpaired) electrons. The van der Waals surface area contributed by atoms with Crippen molar-refractivity contribution in [2.45, 2.75) is 30.2 Å². The fraction of sp³-hybridized carbons (Fsp3) is 0.393. The third kappa shape index (κ3) is 5.97. The molecule has 1 aromatic carbocycles. The minimum atomic E-state index is -4.61. The smallest absolute Gasteiger partial charge is 0.435 e. The summed E-state index contributed by atoms with van der Waals surface area (Å²) >= 11 is 7.03. The fourth-order valence-electron chi connectivity index (χ4n) is 4.92. The van der Waals surface area contributed by atoms with Crippen molar-refractivity contribution >= 4 is 38.6 Å². The lowest BCUT2D eigenvalue weighted by Crippen LogP contribution is -2.49. The van der Waals surface area contributed by atoms with Crippen molar-refractivity contribution in [1.29, 1.82) is 0 Å². The van der Waals surface area contributed by atoms with Crippen molar-refractivity contribution < 1.29 is 26.3 Å². The summed E-state index contributed by atoms with van der Waals surface area (Å²) in [4.78, 5) is 15.9. The number of hydrogen-bond donors (Lipinski definition) is 0. The molecule has 3 aromatic heterocycles. The van der Waals surface area contributed by atoms with Gasteiger partial charge < -0.3 is 9.64 Å². The molecule has 1 aliphatic heterocycles. The average Bonchev–Trinajstić information content (AvgIpc) is 3.32. The number of aromatic nitrogens is 4. The van der Waals surface area contributed by atoms with Crippen LogP contribution in [0.15, 0.2) is 57.7 Å². The molecule has 0 N–H and O–H groups in total. The molecule has 2 fully saturated rings. The molecule has 4 aromatic rings. The molecule has 4 heterocycles. The van der Waals surface area contributed by atoms with E-state index in [0.717, 1.165) is 34.9 Å². The zero-order valence-electron chi connectivity index (χ0n) is 23.7. The second-order valence-corrected chi connectivity index (χ2v) is 14.9. The Labute approximate surface area is 260 Å². The maximum absolute atomic E-state index is 13.6. The third-order valence-electron chi connectivity index (χ3n) is 7.81. The zero-order valence-corrected chi connectivity index (χ0v) is 26.1. The van der Waals surface area contributed by atoms with Crippen LogP contribution in [0.1, 0.15) is 25.5 Å². The van der Waals surface area contributed by atoms with Crippen molar-refractivity contribution in [3.8, 4) is 22.0 Å². The van der Waals surface area contributed by atoms with Crippen LogP contribution in [0.3, 0.4) is 0 Å². The number of nitrogens with zero attached hydrogens (tertiary/aromatic N) is 6. The predicted molar refractivity (Wildman–Crippen MR) is 160 cm³/mol. The summed E-state index contributed by atoms with van der Waals surface area (Å²) in [6, 6.07) is 10.5. The fourth-order valence-corrected chi connectivity index (χ4v) is 8.03. The molecule has 10 nitrogen and oxygen atoms in total. The first-order chi connectivity index (χ1) is 20.7. The summed E-state index contributed by atoms with van der Waals surface area (Å²) in [6.07, 6.45) is -1.06. The molecule has 2 aliphatic rings. The molecule has 1 saturated heterocycles. The highest BCUT2D eigenvalue weighted by molar-refractivity contribution is 7.91. The molecular formula is C28H28ClF3N6O4S2. The molecule has 6 rings (SSSR count). The van der Waals surface area contributed by atoms with Crippen LogP contribution >= 0.6 is 22.9 Å². The normalized spacial score (nSPS) is 17.2. The van der Waals surface area contributed by atoms with Gasteiger partial charge in [-0.1, -0.05) is 24.6 Å². The molecule has 44 heavy (non-hydrogen) atoms. The Hall–Kier alpha value is -3.40. The lowest BCUT2D eigenvalue weighted by Gasteiger charge is -2.35. The molecule has 0 atom stereocenters. The quantitative estimate of drug-likeness (QED) is 0.259. The van der Waals surface area contributed by atoms with Crippen molar-refractivity contribution in [2.75, 3.05) is 37.7 Å². The van der Waals surface area contributed by atoms with Crippen LogP contribution in [0.5, 0.6) is 5.75 Å². The summed E-state index contributed by atoms with van der Waals surface area (Å²) in [5, 5.41) is 8.34. The molecule has 234 valence electrons. The van der Waals surface area contributed by atoms with Crippen LogP contribution in [0.25, 0.3) is 16.3 Å². The van der Waals surface area contributed by atoms with Crippen LogP contribution < -0.4 is 15.2 Å². The highest BCUT2D eigenvalue weighted by Crippen LogP contribution is 2.45. The van der Waals surface area contributed by atoms with E-state index in [-0.39, 0.29) is 47.2 Å². The summed E-state index contributed by atoms with van der Waals surface area (Å²) in [5.74, 6) is 0.140. The van der Waals surface area contributed by atoms with Gasteiger partial charge in [-0.3, -0.25) is 9.48 Å². The van der Waals surface area contributed by atoms with E-state index in [1.165, 1.54) is 28.2 Å². The minimum absolute atomic E-state index is 0.00396. The SMILES string of the molecule is Cn1nc(C(F)(F)F)cc1-c1ccc(S(=O)(=O)N2CCN(c3cnn(-c4cccc(Cl)c4)c(=O)c3OCC3(C)CC3)CC2)s1. The number of rotatable bonds is 8. The first-order valence-electron chi connectivity index (χ1n) is 13.7. The highest BCUT2D eigenvalue weighted by atomic mass is 35.5. The molecule has 0 unspecified atom stereocenters. The number of benzene rings is 1. The number of thiophene rings is 1. The van der Waals surface area contributed by atoms with E-state index < -0.39 is 27.5 Å². The van der Waals surface area contributed by atoms with Gasteiger partial charge >= 0.3 is 11.7 Å². The summed E-state index contributed by atoms with van der Waals surface area (Å²) in [6.45, 7) is 3.23. The number of alkyl halides is 3. The van der Waals surface area contributed by atoms with E-state index in [0.29, 0.717) is 27.9 Å². The number of anilines is 1. The van der Waals surface area contributed by atoms with Gasteiger partial charge in [0, 0.05) is 43.7 Å². The summed E-state index contributed by atoms with van der Waals surface area (Å²) in [5.41, 5.74) is -0.356. The number of ether oxygens (including phenoxy) is 1. The molecule has 16 heteroatoms. The van der Waals surface area contributed by atoms with Crippen LogP contribution in [-0.2, 0) is 23.2 Å². The van der Waals surface area contributed by atoms with E-state index in [1.807, 2.05) is 4.90 Å². The topological polar surface area (TPSA) is 103 Å². The second-order valence-electron chi connectivity index (χ2n) is 11.2. The molecule has 1 aliphatic carbocycles. The standard InChI is InChI=1S/C28H28ClF3N6O4S2/c1-27(8-9-27)17-42-25-21(16-33-38(26(25)39)19-5-3-4-18(29)14-19)36-10-12-37(13-11-36)44(40,41)24-7-6-22(43-24)20-15-23(28(30,31)32)34-35(20)2/h3-7,14-16H,8-13,17H2,1-2H3. The van der Waals surface area contributed by atoms with Crippen LogP contribution in [0.4, 0.5) is 18.9 Å². The monoisotopic (exact) mass is 668 g/mol. The van der Waals surface area contributed by atoms with Gasteiger partial charge in [-0.05, 0) is 49.2 Å². The van der Waals surface area contributed by atoms with Crippen molar-refractivity contribution in [3.63, 3.8) is 0 Å². The van der Waals surface area contributed by atoms with Crippen molar-refractivity contribution in [2.24, 2.45) is 12.5 Å². The Bertz CT molecular complexity index is 1880. The maximum atomic E-state index is 13.6. The molecule has 0 bridgehead atoms. The second kappa shape index (κ2) is 11.2. The third-order valence-corrected chi connectivity index (χ3v) is 11.5. The maximum Gasteiger partial charge on any atom is 0.435 e. The van der Waals surface area contributed by atoms with Crippen LogP contribution in [0.2, 0.25) is 5.02 Å². The number of halogens is 4. The number of sulfonamides is 1. The first kappa shape index (κ1) is 30.6. The van der Waals surface area contributed by atoms with Gasteiger partial charge in [0.15, 0.2) is 5.69 Å². The highest BCUT2D eigenvalue weighted by Gasteiger charge is 2.39. The van der Waals surface area contributed by atoms with Crippen LogP contribution in [0, 0.1) is 5.41 Å². The number of aryl methyl sites for hydroxylation is 1. The average molecular weight is 669 g/mol. The molecule has 0 amide bonds. The van der Waals surface area contributed by atoms with Gasteiger partial charge in [0.05, 0.1) is 29.1 Å². The minimum Gasteiger partial charge on any atom is -0.486 e. The van der Waals surface area contributed by atoms with E-state index in [1.54, 1.807) is 30.5 Å². The van der Waals surface area contributed by atoms with Gasteiger partial charge in [-0.25, -0.2) is 8.42 Å². The van der Waals surface area contributed by atoms with Crippen LogP contribution in [-0.4, -0.2) is 65.1 Å². The Kier molecular flexibility index (Phi) is 7.79. The van der Waals surface area contributed by atoms with E-state index in [9.17, 15) is 26.4 Å². The largest absolute Gasteiger partial charge is 0.486 e. The Balaban J connectivity index is 1.22. The van der Waals surface area contributed by atoms with E-state index in [2.05, 4.69) is 17.1 Å². The summed E-state index contributed by atoms with van der Waals surface area (Å²) in [7, 11) is -2.55. The summed E-state index contributed by atoms with van der Waals surface area (Å²) < 4.78 is 76.2. The van der Waals surface area contributed by atoms with Crippen molar-refractivity contribution in [1.82, 2.24) is 23.9 Å². The first-order valence-corrected chi connectivity index (χ1v) is 16.4. The molecule has 0 spiro atoms. The number of piperazine rings is 1. The predicted octanol–water partition coefficient (Wildman–Crippen LogP) is 5.06. The van der Waals surface area contributed by atoms with E-state index >= 15 is 0 Å². The van der Waals surface area contributed by atoms with Gasteiger partial charge in [0.2, 0.25) is 5.75 Å². The van der Waals surface area contributed by atoms with Gasteiger partial charge in [0.1, 0.15) is 9.90 Å². The Morgan fingerprint density at radius 2 is 1.82 bits per heavy atom. The van der Waals surface area contributed by atoms with Gasteiger partial charge in [-0.15, -0.1) is 11.3 Å². The lowest BCUT2D eigenvalue weighted by atomic mass is 10.2. The Morgan fingerprint density at radius 3 is 2.45 bits per heavy atom. The zero-order chi connectivity index (χ0) is 31.4. The van der Waals surface area contributed by atoms with Gasteiger partial charge in [0.25, 0.3) is 10.0 Å². The molecular weight excluding hydrogens is 641 g/mol. The lowest BCUT2D eigenvalue weighted by molar-refractivity contribution is -0.141. The van der Waals surface area contributed by atoms with Crippen molar-refractivity contribution in [3.05, 3.63) is 69.7 Å². The Morgan fingerprint density at radius 1 is 1.09 bits per heavy atom. The molecule has 1 saturated carbocycles. The number of hydrogen-bond acceptors (Lipinski definition) is 8. The van der Waals surface area contributed by atoms with E-state index in [4.69, 9.17) is 16.3 Å². The van der Waals surface area contributed by atoms with Gasteiger partial charge in [-0.2, -0.15) is 32.4 Å².